The van der Waals surface area contributed by atoms with Gasteiger partial charge in [0.2, 0.25) is 0 Å². The van der Waals surface area contributed by atoms with E-state index in [1.165, 1.54) is 49.0 Å². The molecule has 0 radical (unpaired) electrons. The third-order valence-electron chi connectivity index (χ3n) is 4.41. The third kappa shape index (κ3) is 5.73. The van der Waals surface area contributed by atoms with Crippen LogP contribution in [0.25, 0.3) is 0 Å². The van der Waals surface area contributed by atoms with E-state index < -0.39 is 0 Å². The second-order valence-corrected chi connectivity index (χ2v) is 8.28. The maximum Gasteiger partial charge on any atom is 0.0449 e. The van der Waals surface area contributed by atoms with Crippen molar-refractivity contribution >= 4 is 0 Å². The minimum absolute atomic E-state index is 0.318. The minimum Gasteiger partial charge on any atom is -0.308 e. The van der Waals surface area contributed by atoms with Crippen LogP contribution in [0.5, 0.6) is 0 Å². The van der Waals surface area contributed by atoms with Crippen LogP contribution in [0.2, 0.25) is 0 Å². The van der Waals surface area contributed by atoms with Gasteiger partial charge in [0.1, 0.15) is 0 Å². The van der Waals surface area contributed by atoms with E-state index in [-0.39, 0.29) is 0 Å². The average Bonchev–Trinajstić information content (AvgIpc) is 2.42. The number of hydrogen-bond acceptors (Lipinski definition) is 2. The Morgan fingerprint density at radius 3 is 2.14 bits per heavy atom. The zero-order valence-electron chi connectivity index (χ0n) is 15.2. The number of likely N-dealkylation sites (tertiary alicyclic amines) is 1. The Hall–Kier alpha value is -0.860. The van der Waals surface area contributed by atoms with Crippen LogP contribution in [0, 0.1) is 19.3 Å². The first kappa shape index (κ1) is 17.5. The van der Waals surface area contributed by atoms with E-state index in [1.807, 2.05) is 0 Å². The fraction of sp³-hybridized carbons (Fsp3) is 0.700. The van der Waals surface area contributed by atoms with Crippen LogP contribution in [-0.2, 0) is 0 Å². The lowest BCUT2D eigenvalue weighted by molar-refractivity contribution is 0.199. The van der Waals surface area contributed by atoms with Gasteiger partial charge < -0.3 is 10.2 Å². The molecule has 22 heavy (non-hydrogen) atoms. The molecule has 2 nitrogen and oxygen atoms in total. The Labute approximate surface area is 137 Å². The van der Waals surface area contributed by atoms with Gasteiger partial charge in [0.15, 0.2) is 0 Å². The van der Waals surface area contributed by atoms with Crippen molar-refractivity contribution in [3.63, 3.8) is 0 Å². The second-order valence-electron chi connectivity index (χ2n) is 8.28. The summed E-state index contributed by atoms with van der Waals surface area (Å²) in [7, 11) is 0. The summed E-state index contributed by atoms with van der Waals surface area (Å²) in [6, 6.07) is 7.43. The van der Waals surface area contributed by atoms with Crippen molar-refractivity contribution in [2.24, 2.45) is 5.41 Å². The molecule has 1 saturated heterocycles. The van der Waals surface area contributed by atoms with Gasteiger partial charge in [-0.2, -0.15) is 0 Å². The molecule has 1 aromatic rings. The molecule has 0 amide bonds. The number of benzene rings is 1. The van der Waals surface area contributed by atoms with Gasteiger partial charge in [0.25, 0.3) is 0 Å². The van der Waals surface area contributed by atoms with Crippen molar-refractivity contribution in [2.45, 2.75) is 59.9 Å². The quantitative estimate of drug-likeness (QED) is 0.863. The van der Waals surface area contributed by atoms with E-state index in [2.05, 4.69) is 63.0 Å². The first-order chi connectivity index (χ1) is 10.3. The Morgan fingerprint density at radius 2 is 1.59 bits per heavy atom. The molecule has 0 aromatic heterocycles. The maximum absolute atomic E-state index is 3.84. The molecule has 2 rings (SSSR count). The molecule has 0 spiro atoms. The first-order valence-electron chi connectivity index (χ1n) is 8.87. The van der Waals surface area contributed by atoms with Gasteiger partial charge in [-0.15, -0.1) is 0 Å². The van der Waals surface area contributed by atoms with Gasteiger partial charge in [-0.25, -0.2) is 0 Å². The Morgan fingerprint density at radius 1 is 1.00 bits per heavy atom. The first-order valence-corrected chi connectivity index (χ1v) is 8.87. The van der Waals surface area contributed by atoms with Crippen molar-refractivity contribution in [1.29, 1.82) is 0 Å². The molecule has 0 bridgehead atoms. The van der Waals surface area contributed by atoms with Crippen LogP contribution in [-0.4, -0.2) is 31.1 Å². The topological polar surface area (TPSA) is 15.3 Å². The van der Waals surface area contributed by atoms with Crippen LogP contribution < -0.4 is 5.32 Å². The predicted molar refractivity (Wildman–Crippen MR) is 96.4 cm³/mol. The predicted octanol–water partition coefficient (Wildman–Crippen LogP) is 4.47. The summed E-state index contributed by atoms with van der Waals surface area (Å²) < 4.78 is 0. The highest BCUT2D eigenvalue weighted by atomic mass is 15.2. The van der Waals surface area contributed by atoms with Gasteiger partial charge in [-0.1, -0.05) is 56.5 Å². The summed E-state index contributed by atoms with van der Waals surface area (Å²) in [5, 5.41) is 3.84. The minimum atomic E-state index is 0.318. The molecule has 1 heterocycles. The number of nitrogens with zero attached hydrogens (tertiary/aromatic N) is 1. The summed E-state index contributed by atoms with van der Waals surface area (Å²) in [6.07, 6.45) is 4.12. The molecule has 0 saturated carbocycles. The smallest absolute Gasteiger partial charge is 0.0449 e. The standard InChI is InChI=1S/C20H34N2/c1-16-11-17(2)13-18(12-16)19(21-15-20(3,4)5)14-22-9-7-6-8-10-22/h11-13,19,21H,6-10,14-15H2,1-5H3/t19-/m0/s1. The Bertz CT molecular complexity index is 447. The summed E-state index contributed by atoms with van der Waals surface area (Å²) in [5.74, 6) is 0. The molecular weight excluding hydrogens is 268 g/mol. The zero-order chi connectivity index (χ0) is 16.2. The van der Waals surface area contributed by atoms with Crippen LogP contribution in [0.15, 0.2) is 18.2 Å². The molecule has 1 aromatic carbocycles. The van der Waals surface area contributed by atoms with Crippen molar-refractivity contribution < 1.29 is 0 Å². The van der Waals surface area contributed by atoms with E-state index in [9.17, 15) is 0 Å². The van der Waals surface area contributed by atoms with Gasteiger partial charge >= 0.3 is 0 Å². The lowest BCUT2D eigenvalue weighted by Crippen LogP contribution is -2.40. The summed E-state index contributed by atoms with van der Waals surface area (Å²) in [4.78, 5) is 2.64. The molecule has 1 fully saturated rings. The molecule has 2 heteroatoms. The molecule has 1 N–H and O–H groups in total. The van der Waals surface area contributed by atoms with Crippen LogP contribution >= 0.6 is 0 Å². The van der Waals surface area contributed by atoms with E-state index in [0.29, 0.717) is 11.5 Å². The van der Waals surface area contributed by atoms with Gasteiger partial charge in [-0.05, 0) is 50.8 Å². The van der Waals surface area contributed by atoms with Crippen molar-refractivity contribution in [2.75, 3.05) is 26.2 Å². The largest absolute Gasteiger partial charge is 0.308 e. The van der Waals surface area contributed by atoms with E-state index in [4.69, 9.17) is 0 Å². The normalized spacial score (nSPS) is 18.4. The zero-order valence-corrected chi connectivity index (χ0v) is 15.2. The molecule has 1 aliphatic rings. The van der Waals surface area contributed by atoms with Crippen LogP contribution in [0.3, 0.4) is 0 Å². The summed E-state index contributed by atoms with van der Waals surface area (Å²) >= 11 is 0. The highest BCUT2D eigenvalue weighted by Gasteiger charge is 2.20. The third-order valence-corrected chi connectivity index (χ3v) is 4.41. The number of aryl methyl sites for hydroxylation is 2. The highest BCUT2D eigenvalue weighted by Crippen LogP contribution is 2.22. The lowest BCUT2D eigenvalue weighted by Gasteiger charge is -2.33. The average molecular weight is 303 g/mol. The number of rotatable bonds is 5. The monoisotopic (exact) mass is 302 g/mol. The molecule has 124 valence electrons. The number of hydrogen-bond donors (Lipinski definition) is 1. The second kappa shape index (κ2) is 7.61. The Balaban J connectivity index is 2.12. The van der Waals surface area contributed by atoms with Gasteiger partial charge in [0.05, 0.1) is 0 Å². The van der Waals surface area contributed by atoms with Crippen molar-refractivity contribution in [3.8, 4) is 0 Å². The van der Waals surface area contributed by atoms with Crippen molar-refractivity contribution in [3.05, 3.63) is 34.9 Å². The molecule has 0 unspecified atom stereocenters. The fourth-order valence-electron chi connectivity index (χ4n) is 3.33. The summed E-state index contributed by atoms with van der Waals surface area (Å²) in [6.45, 7) is 16.0. The SMILES string of the molecule is Cc1cc(C)cc([C@H](CN2CCCCC2)NCC(C)(C)C)c1. The van der Waals surface area contributed by atoms with E-state index in [0.717, 1.165) is 13.1 Å². The van der Waals surface area contributed by atoms with Crippen molar-refractivity contribution in [1.82, 2.24) is 10.2 Å². The molecule has 1 atom stereocenters. The summed E-state index contributed by atoms with van der Waals surface area (Å²) in [5.41, 5.74) is 4.51. The number of nitrogens with one attached hydrogen (secondary N) is 1. The molecule has 0 aliphatic carbocycles. The van der Waals surface area contributed by atoms with Crippen LogP contribution in [0.4, 0.5) is 0 Å². The van der Waals surface area contributed by atoms with E-state index in [1.54, 1.807) is 0 Å². The Kier molecular flexibility index (Phi) is 6.05. The molecular formula is C20H34N2. The maximum atomic E-state index is 3.84. The number of piperidine rings is 1. The van der Waals surface area contributed by atoms with Gasteiger partial charge in [-0.3, -0.25) is 0 Å². The fourth-order valence-corrected chi connectivity index (χ4v) is 3.33. The lowest BCUT2D eigenvalue weighted by atomic mass is 9.94. The molecule has 1 aliphatic heterocycles. The van der Waals surface area contributed by atoms with Gasteiger partial charge in [0, 0.05) is 19.1 Å². The van der Waals surface area contributed by atoms with Crippen LogP contribution in [0.1, 0.15) is 62.8 Å². The van der Waals surface area contributed by atoms with E-state index >= 15 is 0 Å². The highest BCUT2D eigenvalue weighted by molar-refractivity contribution is 5.31.